The molecular weight excluding hydrogens is 231 g/mol. The number of rotatable bonds is 2. The normalized spacial score (nSPS) is 9.28. The first-order valence-electron chi connectivity index (χ1n) is 5.07. The highest BCUT2D eigenvalue weighted by molar-refractivity contribution is 5.68. The van der Waals surface area contributed by atoms with Crippen LogP contribution >= 0.6 is 0 Å². The van der Waals surface area contributed by atoms with E-state index in [2.05, 4.69) is 10.3 Å². The molecule has 0 unspecified atom stereocenters. The fourth-order valence-corrected chi connectivity index (χ4v) is 1.46. The van der Waals surface area contributed by atoms with Gasteiger partial charge < -0.3 is 5.32 Å². The highest BCUT2D eigenvalue weighted by Gasteiger charge is 2.10. The number of benzene rings is 1. The van der Waals surface area contributed by atoms with Crippen LogP contribution in [0.4, 0.5) is 15.9 Å². The number of aromatic nitrogens is 1. The van der Waals surface area contributed by atoms with E-state index in [-0.39, 0.29) is 11.3 Å². The average molecular weight is 238 g/mol. The Morgan fingerprint density at radius 2 is 1.94 bits per heavy atom. The molecule has 0 fully saturated rings. The van der Waals surface area contributed by atoms with E-state index in [9.17, 15) is 4.39 Å². The highest BCUT2D eigenvalue weighted by atomic mass is 19.1. The molecule has 2 rings (SSSR count). The molecule has 0 atom stereocenters. The van der Waals surface area contributed by atoms with Crippen LogP contribution in [-0.4, -0.2) is 4.98 Å². The molecule has 86 valence electrons. The number of hydrogen-bond donors (Lipinski definition) is 1. The van der Waals surface area contributed by atoms with Crippen molar-refractivity contribution >= 4 is 11.5 Å². The molecule has 1 aromatic carbocycles. The second-order valence-electron chi connectivity index (χ2n) is 3.41. The summed E-state index contributed by atoms with van der Waals surface area (Å²) in [5.41, 5.74) is 0.505. The minimum Gasteiger partial charge on any atom is -0.338 e. The van der Waals surface area contributed by atoms with Gasteiger partial charge in [0.25, 0.3) is 0 Å². The van der Waals surface area contributed by atoms with Crippen molar-refractivity contribution in [1.29, 1.82) is 10.5 Å². The summed E-state index contributed by atoms with van der Waals surface area (Å²) in [6.45, 7) is 0. The van der Waals surface area contributed by atoms with Crippen LogP contribution in [0.15, 0.2) is 36.5 Å². The van der Waals surface area contributed by atoms with Gasteiger partial charge in [-0.3, -0.25) is 0 Å². The molecule has 0 spiro atoms. The van der Waals surface area contributed by atoms with E-state index >= 15 is 0 Å². The molecule has 0 aliphatic rings. The minimum absolute atomic E-state index is 0.105. The number of nitrogens with zero attached hydrogens (tertiary/aromatic N) is 3. The molecule has 0 saturated carbocycles. The number of anilines is 2. The predicted molar refractivity (Wildman–Crippen MR) is 63.3 cm³/mol. The molecule has 1 aromatic heterocycles. The lowest BCUT2D eigenvalue weighted by Crippen LogP contribution is -1.99. The number of halogens is 1. The van der Waals surface area contributed by atoms with Gasteiger partial charge in [-0.2, -0.15) is 10.5 Å². The van der Waals surface area contributed by atoms with Gasteiger partial charge in [0.05, 0.1) is 11.3 Å². The molecule has 0 bridgehead atoms. The van der Waals surface area contributed by atoms with Crippen LogP contribution in [0.2, 0.25) is 0 Å². The third kappa shape index (κ3) is 2.11. The first-order valence-corrected chi connectivity index (χ1v) is 5.07. The van der Waals surface area contributed by atoms with Gasteiger partial charge in [-0.15, -0.1) is 0 Å². The average Bonchev–Trinajstić information content (AvgIpc) is 2.40. The lowest BCUT2D eigenvalue weighted by molar-refractivity contribution is 0.624. The predicted octanol–water partition coefficient (Wildman–Crippen LogP) is 2.71. The minimum atomic E-state index is -0.614. The largest absolute Gasteiger partial charge is 0.338 e. The lowest BCUT2D eigenvalue weighted by atomic mass is 10.1. The molecule has 1 heterocycles. The van der Waals surface area contributed by atoms with Crippen molar-refractivity contribution in [2.75, 3.05) is 5.32 Å². The summed E-state index contributed by atoms with van der Waals surface area (Å²) in [6, 6.07) is 11.2. The Morgan fingerprint density at radius 1 is 1.11 bits per heavy atom. The zero-order chi connectivity index (χ0) is 13.0. The summed E-state index contributed by atoms with van der Waals surface area (Å²) < 4.78 is 13.4. The number of hydrogen-bond acceptors (Lipinski definition) is 4. The van der Waals surface area contributed by atoms with Crippen LogP contribution in [-0.2, 0) is 0 Å². The van der Waals surface area contributed by atoms with Gasteiger partial charge in [0.2, 0.25) is 0 Å². The Labute approximate surface area is 103 Å². The molecule has 0 radical (unpaired) electrons. The van der Waals surface area contributed by atoms with Gasteiger partial charge in [-0.25, -0.2) is 9.37 Å². The summed E-state index contributed by atoms with van der Waals surface area (Å²) in [5, 5.41) is 20.6. The Hall–Kier alpha value is -2.92. The van der Waals surface area contributed by atoms with E-state index in [1.54, 1.807) is 24.3 Å². The molecule has 2 aromatic rings. The van der Waals surface area contributed by atoms with Crippen LogP contribution in [0.5, 0.6) is 0 Å². The molecule has 1 N–H and O–H groups in total. The number of pyridine rings is 1. The third-order valence-corrected chi connectivity index (χ3v) is 2.31. The smallest absolute Gasteiger partial charge is 0.148 e. The van der Waals surface area contributed by atoms with E-state index in [1.165, 1.54) is 18.3 Å². The summed E-state index contributed by atoms with van der Waals surface area (Å²) in [4.78, 5) is 3.98. The lowest BCUT2D eigenvalue weighted by Gasteiger charge is -2.08. The quantitative estimate of drug-likeness (QED) is 0.872. The standard InChI is InChI=1S/C13H7FN4/c14-11-4-1-5-12(10(11)8-16)18-13-9(7-15)3-2-6-17-13/h1-6H,(H,17,18). The van der Waals surface area contributed by atoms with Crippen LogP contribution in [0.1, 0.15) is 11.1 Å². The molecule has 4 nitrogen and oxygen atoms in total. The first-order chi connectivity index (χ1) is 8.76. The van der Waals surface area contributed by atoms with E-state index in [1.807, 2.05) is 6.07 Å². The van der Waals surface area contributed by atoms with Gasteiger partial charge in [-0.1, -0.05) is 6.07 Å². The fraction of sp³-hybridized carbons (Fsp3) is 0. The van der Waals surface area contributed by atoms with Gasteiger partial charge in [0, 0.05) is 6.20 Å². The van der Waals surface area contributed by atoms with Crippen LogP contribution in [0.25, 0.3) is 0 Å². The van der Waals surface area contributed by atoms with Crippen LogP contribution < -0.4 is 5.32 Å². The monoisotopic (exact) mass is 238 g/mol. The Balaban J connectivity index is 2.45. The van der Waals surface area contributed by atoms with E-state index < -0.39 is 5.82 Å². The highest BCUT2D eigenvalue weighted by Crippen LogP contribution is 2.23. The maximum atomic E-state index is 13.4. The van der Waals surface area contributed by atoms with Crippen molar-refractivity contribution in [3.05, 3.63) is 53.5 Å². The SMILES string of the molecule is N#Cc1cccnc1Nc1cccc(F)c1C#N. The molecule has 0 aliphatic carbocycles. The Bertz CT molecular complexity index is 667. The van der Waals surface area contributed by atoms with Crippen molar-refractivity contribution in [2.24, 2.45) is 0 Å². The zero-order valence-corrected chi connectivity index (χ0v) is 9.18. The second-order valence-corrected chi connectivity index (χ2v) is 3.41. The Morgan fingerprint density at radius 3 is 2.67 bits per heavy atom. The summed E-state index contributed by atoms with van der Waals surface area (Å²) in [6.07, 6.45) is 1.51. The van der Waals surface area contributed by atoms with Gasteiger partial charge in [0.1, 0.15) is 29.3 Å². The maximum Gasteiger partial charge on any atom is 0.148 e. The molecule has 18 heavy (non-hydrogen) atoms. The zero-order valence-electron chi connectivity index (χ0n) is 9.18. The molecule has 0 saturated heterocycles. The number of nitriles is 2. The van der Waals surface area contributed by atoms with Gasteiger partial charge >= 0.3 is 0 Å². The van der Waals surface area contributed by atoms with E-state index in [0.29, 0.717) is 11.4 Å². The summed E-state index contributed by atoms with van der Waals surface area (Å²) in [7, 11) is 0. The van der Waals surface area contributed by atoms with Gasteiger partial charge in [0.15, 0.2) is 0 Å². The number of nitrogens with one attached hydrogen (secondary N) is 1. The second kappa shape index (κ2) is 4.94. The van der Waals surface area contributed by atoms with Crippen molar-refractivity contribution < 1.29 is 4.39 Å². The molecule has 5 heteroatoms. The van der Waals surface area contributed by atoms with E-state index in [4.69, 9.17) is 10.5 Å². The third-order valence-electron chi connectivity index (χ3n) is 2.31. The Kier molecular flexibility index (Phi) is 3.17. The molecule has 0 amide bonds. The summed E-state index contributed by atoms with van der Waals surface area (Å²) in [5.74, 6) is -0.320. The first kappa shape index (κ1) is 11.6. The molecule has 0 aliphatic heterocycles. The van der Waals surface area contributed by atoms with Crippen molar-refractivity contribution in [1.82, 2.24) is 4.98 Å². The van der Waals surface area contributed by atoms with Crippen LogP contribution in [0.3, 0.4) is 0 Å². The summed E-state index contributed by atoms with van der Waals surface area (Å²) >= 11 is 0. The van der Waals surface area contributed by atoms with Crippen molar-refractivity contribution in [3.8, 4) is 12.1 Å². The van der Waals surface area contributed by atoms with Crippen molar-refractivity contribution in [3.63, 3.8) is 0 Å². The fourth-order valence-electron chi connectivity index (χ4n) is 1.46. The molecular formula is C13H7FN4. The van der Waals surface area contributed by atoms with Crippen molar-refractivity contribution in [2.45, 2.75) is 0 Å². The van der Waals surface area contributed by atoms with Crippen LogP contribution in [0, 0.1) is 28.5 Å². The maximum absolute atomic E-state index is 13.4. The van der Waals surface area contributed by atoms with E-state index in [0.717, 1.165) is 0 Å². The topological polar surface area (TPSA) is 72.5 Å². The van der Waals surface area contributed by atoms with Gasteiger partial charge in [-0.05, 0) is 24.3 Å².